The van der Waals surface area contributed by atoms with Crippen molar-refractivity contribution in [3.63, 3.8) is 0 Å². The van der Waals surface area contributed by atoms with E-state index in [4.69, 9.17) is 10.5 Å². The predicted molar refractivity (Wildman–Crippen MR) is 65.4 cm³/mol. The summed E-state index contributed by atoms with van der Waals surface area (Å²) in [7, 11) is 0. The number of carbonyl (C=O) groups is 1. The molecule has 1 fully saturated rings. The van der Waals surface area contributed by atoms with E-state index in [0.29, 0.717) is 6.04 Å². The molecule has 92 valence electrons. The quantitative estimate of drug-likeness (QED) is 0.834. The Hall–Kier alpha value is -1.55. The highest BCUT2D eigenvalue weighted by Gasteiger charge is 2.26. The number of benzene rings is 1. The Kier molecular flexibility index (Phi) is 3.98. The number of ether oxygens (including phenoxy) is 1. The number of hydrogen-bond donors (Lipinski definition) is 2. The third kappa shape index (κ3) is 3.75. The standard InChI is InChI=1S/C13H18N2O2/c14-13(16)17-12-7-6-11(8-12)15-9-10-4-2-1-3-5-10/h1-5,11-12,15H,6-9H2,(H2,14,16)/t11-,12+/m0/s1. The summed E-state index contributed by atoms with van der Waals surface area (Å²) in [6, 6.07) is 10.7. The van der Waals surface area contributed by atoms with Crippen LogP contribution in [0.1, 0.15) is 24.8 Å². The predicted octanol–water partition coefficient (Wildman–Crippen LogP) is 1.79. The third-order valence-corrected chi connectivity index (χ3v) is 3.11. The van der Waals surface area contributed by atoms with Crippen LogP contribution in [-0.4, -0.2) is 18.2 Å². The van der Waals surface area contributed by atoms with Crippen molar-refractivity contribution in [2.45, 2.75) is 38.0 Å². The van der Waals surface area contributed by atoms with Gasteiger partial charge in [0.15, 0.2) is 0 Å². The molecule has 1 aromatic rings. The summed E-state index contributed by atoms with van der Waals surface area (Å²) >= 11 is 0. The normalized spacial score (nSPS) is 23.5. The smallest absolute Gasteiger partial charge is 0.404 e. The molecule has 0 radical (unpaired) electrons. The topological polar surface area (TPSA) is 64.4 Å². The van der Waals surface area contributed by atoms with Crippen molar-refractivity contribution in [3.05, 3.63) is 35.9 Å². The summed E-state index contributed by atoms with van der Waals surface area (Å²) in [5.41, 5.74) is 6.27. The van der Waals surface area contributed by atoms with Crippen LogP contribution in [0.2, 0.25) is 0 Å². The minimum Gasteiger partial charge on any atom is -0.446 e. The average molecular weight is 234 g/mol. The van der Waals surface area contributed by atoms with E-state index < -0.39 is 6.09 Å². The fraction of sp³-hybridized carbons (Fsp3) is 0.462. The largest absolute Gasteiger partial charge is 0.446 e. The van der Waals surface area contributed by atoms with Crippen molar-refractivity contribution < 1.29 is 9.53 Å². The molecule has 1 amide bonds. The maximum Gasteiger partial charge on any atom is 0.404 e. The molecule has 0 aromatic heterocycles. The van der Waals surface area contributed by atoms with Gasteiger partial charge in [0.1, 0.15) is 6.10 Å². The first-order valence-electron chi connectivity index (χ1n) is 5.97. The van der Waals surface area contributed by atoms with Gasteiger partial charge >= 0.3 is 6.09 Å². The van der Waals surface area contributed by atoms with E-state index in [2.05, 4.69) is 17.4 Å². The number of amides is 1. The van der Waals surface area contributed by atoms with Gasteiger partial charge in [-0.15, -0.1) is 0 Å². The third-order valence-electron chi connectivity index (χ3n) is 3.11. The number of carbonyl (C=O) groups excluding carboxylic acids is 1. The van der Waals surface area contributed by atoms with Crippen molar-refractivity contribution in [1.29, 1.82) is 0 Å². The monoisotopic (exact) mass is 234 g/mol. The van der Waals surface area contributed by atoms with Gasteiger partial charge in [-0.2, -0.15) is 0 Å². The maximum atomic E-state index is 10.6. The number of primary amides is 1. The lowest BCUT2D eigenvalue weighted by atomic mass is 10.2. The summed E-state index contributed by atoms with van der Waals surface area (Å²) in [6.07, 6.45) is 2.11. The molecule has 2 atom stereocenters. The molecule has 0 heterocycles. The molecule has 0 aliphatic heterocycles. The van der Waals surface area contributed by atoms with Crippen molar-refractivity contribution >= 4 is 6.09 Å². The fourth-order valence-electron chi connectivity index (χ4n) is 2.25. The van der Waals surface area contributed by atoms with Crippen LogP contribution >= 0.6 is 0 Å². The van der Waals surface area contributed by atoms with Crippen LogP contribution in [-0.2, 0) is 11.3 Å². The number of nitrogens with one attached hydrogen (secondary N) is 1. The summed E-state index contributed by atoms with van der Waals surface area (Å²) in [5.74, 6) is 0. The first kappa shape index (κ1) is 11.9. The second kappa shape index (κ2) is 5.68. The zero-order chi connectivity index (χ0) is 12.1. The van der Waals surface area contributed by atoms with Gasteiger partial charge in [0.25, 0.3) is 0 Å². The highest BCUT2D eigenvalue weighted by atomic mass is 16.6. The van der Waals surface area contributed by atoms with Crippen LogP contribution in [0, 0.1) is 0 Å². The lowest BCUT2D eigenvalue weighted by Gasteiger charge is -2.13. The van der Waals surface area contributed by atoms with Crippen molar-refractivity contribution in [2.24, 2.45) is 5.73 Å². The summed E-state index contributed by atoms with van der Waals surface area (Å²) in [5, 5.41) is 3.47. The molecule has 1 aliphatic rings. The minimum atomic E-state index is -0.668. The minimum absolute atomic E-state index is 0.0132. The first-order valence-corrected chi connectivity index (χ1v) is 5.97. The molecule has 0 saturated heterocycles. The summed E-state index contributed by atoms with van der Waals surface area (Å²) in [4.78, 5) is 10.6. The van der Waals surface area contributed by atoms with E-state index >= 15 is 0 Å². The molecule has 1 aromatic carbocycles. The van der Waals surface area contributed by atoms with E-state index in [1.165, 1.54) is 5.56 Å². The van der Waals surface area contributed by atoms with E-state index in [9.17, 15) is 4.79 Å². The molecule has 0 unspecified atom stereocenters. The van der Waals surface area contributed by atoms with Crippen LogP contribution in [0.25, 0.3) is 0 Å². The SMILES string of the molecule is NC(=O)O[C@@H]1CC[C@H](NCc2ccccc2)C1. The molecule has 17 heavy (non-hydrogen) atoms. The van der Waals surface area contributed by atoms with Gasteiger partial charge in [-0.05, 0) is 24.8 Å². The number of hydrogen-bond acceptors (Lipinski definition) is 3. The van der Waals surface area contributed by atoms with Crippen molar-refractivity contribution in [3.8, 4) is 0 Å². The van der Waals surface area contributed by atoms with Gasteiger partial charge in [-0.3, -0.25) is 0 Å². The lowest BCUT2D eigenvalue weighted by Crippen LogP contribution is -2.28. The van der Waals surface area contributed by atoms with Gasteiger partial charge in [0.05, 0.1) is 0 Å². The highest BCUT2D eigenvalue weighted by molar-refractivity contribution is 5.64. The van der Waals surface area contributed by atoms with Crippen LogP contribution in [0.4, 0.5) is 4.79 Å². The second-order valence-electron chi connectivity index (χ2n) is 4.44. The zero-order valence-electron chi connectivity index (χ0n) is 9.76. The van der Waals surface area contributed by atoms with E-state index in [1.54, 1.807) is 0 Å². The second-order valence-corrected chi connectivity index (χ2v) is 4.44. The molecular formula is C13H18N2O2. The highest BCUT2D eigenvalue weighted by Crippen LogP contribution is 2.22. The van der Waals surface area contributed by atoms with Crippen LogP contribution < -0.4 is 11.1 Å². The van der Waals surface area contributed by atoms with Crippen LogP contribution in [0.5, 0.6) is 0 Å². The van der Waals surface area contributed by atoms with Gasteiger partial charge in [-0.1, -0.05) is 30.3 Å². The molecule has 1 saturated carbocycles. The van der Waals surface area contributed by atoms with E-state index in [1.807, 2.05) is 18.2 Å². The Labute approximate surface area is 101 Å². The van der Waals surface area contributed by atoms with Gasteiger partial charge in [-0.25, -0.2) is 4.79 Å². The Morgan fingerprint density at radius 3 is 2.82 bits per heavy atom. The number of nitrogens with two attached hydrogens (primary N) is 1. The summed E-state index contributed by atoms with van der Waals surface area (Å²) < 4.78 is 4.99. The van der Waals surface area contributed by atoms with E-state index in [-0.39, 0.29) is 6.10 Å². The maximum absolute atomic E-state index is 10.6. The number of rotatable bonds is 4. The van der Waals surface area contributed by atoms with Gasteiger partial charge in [0.2, 0.25) is 0 Å². The molecule has 2 rings (SSSR count). The fourth-order valence-corrected chi connectivity index (χ4v) is 2.25. The molecular weight excluding hydrogens is 216 g/mol. The summed E-state index contributed by atoms with van der Waals surface area (Å²) in [6.45, 7) is 0.856. The van der Waals surface area contributed by atoms with Gasteiger partial charge < -0.3 is 15.8 Å². The van der Waals surface area contributed by atoms with E-state index in [0.717, 1.165) is 25.8 Å². The molecule has 1 aliphatic carbocycles. The Morgan fingerprint density at radius 2 is 2.12 bits per heavy atom. The average Bonchev–Trinajstić information content (AvgIpc) is 2.75. The molecule has 4 nitrogen and oxygen atoms in total. The zero-order valence-corrected chi connectivity index (χ0v) is 9.76. The Balaban J connectivity index is 1.73. The molecule has 4 heteroatoms. The Bertz CT molecular complexity index is 367. The van der Waals surface area contributed by atoms with Gasteiger partial charge in [0, 0.05) is 12.6 Å². The molecule has 3 N–H and O–H groups in total. The van der Waals surface area contributed by atoms with Crippen LogP contribution in [0.3, 0.4) is 0 Å². The Morgan fingerprint density at radius 1 is 1.35 bits per heavy atom. The van der Waals surface area contributed by atoms with Crippen molar-refractivity contribution in [1.82, 2.24) is 5.32 Å². The van der Waals surface area contributed by atoms with Crippen molar-refractivity contribution in [2.75, 3.05) is 0 Å². The lowest BCUT2D eigenvalue weighted by molar-refractivity contribution is 0.109. The first-order chi connectivity index (χ1) is 8.24. The van der Waals surface area contributed by atoms with Crippen LogP contribution in [0.15, 0.2) is 30.3 Å². The molecule has 0 bridgehead atoms. The molecule has 0 spiro atoms.